The number of ether oxygens (including phenoxy) is 2. The van der Waals surface area contributed by atoms with Crippen LogP contribution in [0.2, 0.25) is 0 Å². The van der Waals surface area contributed by atoms with Gasteiger partial charge in [-0.1, -0.05) is 54.5 Å². The van der Waals surface area contributed by atoms with Crippen molar-refractivity contribution in [2.75, 3.05) is 13.2 Å². The first-order valence-electron chi connectivity index (χ1n) is 9.53. The Morgan fingerprint density at radius 1 is 0.871 bits per heavy atom. The fraction of sp³-hybridized carbons (Fsp3) is 0.833. The Balaban J connectivity index is -0.00000392. The summed E-state index contributed by atoms with van der Waals surface area (Å²) in [5.41, 5.74) is 0. The number of carboxylic acids is 1. The molecule has 31 heavy (non-hydrogen) atoms. The first kappa shape index (κ1) is 36.4. The number of unbranched alkanes of at least 4 members (excludes halogenated alkanes) is 7. The molecule has 0 spiro atoms. The van der Waals surface area contributed by atoms with E-state index in [0.717, 1.165) is 44.9 Å². The maximum atomic E-state index is 11.5. The molecule has 0 aliphatic rings. The number of carboxylic acid groups (broad SMARTS) is 1. The van der Waals surface area contributed by atoms with Crippen LogP contribution in [0.15, 0.2) is 0 Å². The van der Waals surface area contributed by atoms with E-state index in [1.165, 1.54) is 0 Å². The Morgan fingerprint density at radius 2 is 1.26 bits per heavy atom. The second kappa shape index (κ2) is 19.1. The van der Waals surface area contributed by atoms with Gasteiger partial charge in [-0.25, -0.2) is 8.42 Å². The van der Waals surface area contributed by atoms with Crippen molar-refractivity contribution >= 4 is 44.0 Å². The van der Waals surface area contributed by atoms with Gasteiger partial charge >= 0.3 is 71.1 Å². The fourth-order valence-electron chi connectivity index (χ4n) is 2.30. The number of esters is 2. The molecule has 9 nitrogen and oxygen atoms in total. The molecule has 0 aromatic carbocycles. The van der Waals surface area contributed by atoms with Crippen LogP contribution in [-0.2, 0) is 34.0 Å². The quantitative estimate of drug-likeness (QED) is 0.0612. The third-order valence-electron chi connectivity index (χ3n) is 3.98. The van der Waals surface area contributed by atoms with Crippen LogP contribution in [-0.4, -0.2) is 53.7 Å². The number of rotatable bonds is 16. The molecule has 0 saturated heterocycles. The largest absolute Gasteiger partial charge is 1.00 e. The topological polar surface area (TPSA) is 150 Å². The van der Waals surface area contributed by atoms with E-state index >= 15 is 0 Å². The second-order valence-corrected chi connectivity index (χ2v) is 10.7. The summed E-state index contributed by atoms with van der Waals surface area (Å²) in [5, 5.41) is 8.16. The smallest absolute Gasteiger partial charge is 0.747 e. The van der Waals surface area contributed by atoms with Gasteiger partial charge in [0.15, 0.2) is 0 Å². The van der Waals surface area contributed by atoms with Gasteiger partial charge < -0.3 is 23.9 Å². The zero-order chi connectivity index (χ0) is 22.5. The van der Waals surface area contributed by atoms with Gasteiger partial charge in [0.05, 0.1) is 30.9 Å². The SMILES string of the molecule is CC(C)(Br)C(=O)OCCCCCCCCCCOC(=O)CC(C(=O)[O-])S(=O)(=O)[O-].[Na+].[Na+]. The number of carbonyl (C=O) groups is 3. The average Bonchev–Trinajstić information content (AvgIpc) is 2.58. The molecule has 170 valence electrons. The molecule has 0 aromatic rings. The van der Waals surface area contributed by atoms with Crippen LogP contribution in [0.4, 0.5) is 0 Å². The number of alkyl halides is 1. The Hall–Kier alpha value is 0.800. The van der Waals surface area contributed by atoms with Gasteiger partial charge in [0.2, 0.25) is 0 Å². The average molecular weight is 547 g/mol. The molecule has 0 aliphatic carbocycles. The number of aliphatic carboxylic acids is 1. The van der Waals surface area contributed by atoms with Gasteiger partial charge in [-0.2, -0.15) is 0 Å². The van der Waals surface area contributed by atoms with Crippen LogP contribution in [0.1, 0.15) is 71.6 Å². The minimum atomic E-state index is -5.16. The molecule has 0 N–H and O–H groups in total. The first-order valence-corrected chi connectivity index (χ1v) is 11.8. The summed E-state index contributed by atoms with van der Waals surface area (Å²) in [7, 11) is -5.16. The molecule has 1 unspecified atom stereocenters. The van der Waals surface area contributed by atoms with Gasteiger partial charge in [0, 0.05) is 0 Å². The first-order chi connectivity index (χ1) is 13.4. The summed E-state index contributed by atoms with van der Waals surface area (Å²) < 4.78 is 41.4. The minimum absolute atomic E-state index is 0. The van der Waals surface area contributed by atoms with E-state index in [0.29, 0.717) is 13.0 Å². The van der Waals surface area contributed by atoms with Crippen molar-refractivity contribution in [2.24, 2.45) is 0 Å². The van der Waals surface area contributed by atoms with Gasteiger partial charge in [0.25, 0.3) is 0 Å². The van der Waals surface area contributed by atoms with Crippen LogP contribution in [0.25, 0.3) is 0 Å². The van der Waals surface area contributed by atoms with Gasteiger partial charge in [-0.3, -0.25) is 9.59 Å². The van der Waals surface area contributed by atoms with Crippen molar-refractivity contribution in [3.63, 3.8) is 0 Å². The Bertz CT molecular complexity index is 636. The van der Waals surface area contributed by atoms with Crippen LogP contribution < -0.4 is 64.2 Å². The molecular weight excluding hydrogens is 518 g/mol. The number of carbonyl (C=O) groups excluding carboxylic acids is 3. The summed E-state index contributed by atoms with van der Waals surface area (Å²) in [5.74, 6) is -3.44. The molecule has 1 atom stereocenters. The zero-order valence-corrected chi connectivity index (χ0v) is 25.2. The molecule has 0 saturated carbocycles. The molecule has 0 amide bonds. The van der Waals surface area contributed by atoms with Crippen LogP contribution >= 0.6 is 15.9 Å². The maximum absolute atomic E-state index is 11.5. The van der Waals surface area contributed by atoms with Crippen molar-refractivity contribution in [3.8, 4) is 0 Å². The van der Waals surface area contributed by atoms with Crippen molar-refractivity contribution in [1.29, 1.82) is 0 Å². The van der Waals surface area contributed by atoms with Crippen LogP contribution in [0, 0.1) is 0 Å². The summed E-state index contributed by atoms with van der Waals surface area (Å²) in [6.07, 6.45) is 6.09. The molecule has 0 heterocycles. The van der Waals surface area contributed by atoms with E-state index in [9.17, 15) is 32.5 Å². The summed E-state index contributed by atoms with van der Waals surface area (Å²) in [6.45, 7) is 3.91. The Morgan fingerprint density at radius 3 is 1.61 bits per heavy atom. The third-order valence-corrected chi connectivity index (χ3v) is 5.36. The van der Waals surface area contributed by atoms with E-state index in [1.54, 1.807) is 13.8 Å². The predicted molar refractivity (Wildman–Crippen MR) is 105 cm³/mol. The van der Waals surface area contributed by atoms with Crippen molar-refractivity contribution < 1.29 is 101 Å². The van der Waals surface area contributed by atoms with Crippen molar-refractivity contribution in [3.05, 3.63) is 0 Å². The third kappa shape index (κ3) is 19.9. The molecule has 0 aliphatic heterocycles. The van der Waals surface area contributed by atoms with Crippen molar-refractivity contribution in [2.45, 2.75) is 81.2 Å². The van der Waals surface area contributed by atoms with Crippen LogP contribution in [0.5, 0.6) is 0 Å². The summed E-state index contributed by atoms with van der Waals surface area (Å²) in [4.78, 5) is 33.5. The number of hydrogen-bond acceptors (Lipinski definition) is 9. The standard InChI is InChI=1S/C18H31BrO9S.2Na/c1-18(2,19)17(23)28-12-10-8-6-4-3-5-7-9-11-27-15(20)13-14(16(21)22)29(24,25)26;;/h14H,3-13H2,1-2H3,(H,21,22)(H,24,25,26);;/q;2*+1/p-2. The monoisotopic (exact) mass is 546 g/mol. The molecule has 0 fully saturated rings. The van der Waals surface area contributed by atoms with E-state index in [2.05, 4.69) is 15.9 Å². The molecule has 0 aromatic heterocycles. The van der Waals surface area contributed by atoms with Crippen molar-refractivity contribution in [1.82, 2.24) is 0 Å². The fourth-order valence-corrected chi connectivity index (χ4v) is 2.99. The molecule has 13 heteroatoms. The van der Waals surface area contributed by atoms with E-state index < -0.39 is 38.1 Å². The minimum Gasteiger partial charge on any atom is -0.747 e. The molecular formula is C18H29BrNa2O9S. The normalized spacial score (nSPS) is 12.1. The Kier molecular flexibility index (Phi) is 22.5. The molecule has 0 radical (unpaired) electrons. The molecule has 0 rings (SSSR count). The Labute approximate surface area is 237 Å². The predicted octanol–water partition coefficient (Wildman–Crippen LogP) is -4.57. The molecule has 0 bridgehead atoms. The van der Waals surface area contributed by atoms with Gasteiger partial charge in [0.1, 0.15) is 14.4 Å². The summed E-state index contributed by atoms with van der Waals surface area (Å²) in [6, 6.07) is 0. The van der Waals surface area contributed by atoms with E-state index in [4.69, 9.17) is 9.47 Å². The van der Waals surface area contributed by atoms with E-state index in [-0.39, 0.29) is 71.7 Å². The number of hydrogen-bond donors (Lipinski definition) is 0. The maximum Gasteiger partial charge on any atom is 1.00 e. The summed E-state index contributed by atoms with van der Waals surface area (Å²) >= 11 is 3.24. The van der Waals surface area contributed by atoms with Crippen LogP contribution in [0.3, 0.4) is 0 Å². The number of halogens is 1. The van der Waals surface area contributed by atoms with E-state index in [1.807, 2.05) is 0 Å². The van der Waals surface area contributed by atoms with Gasteiger partial charge in [-0.05, 0) is 26.7 Å². The van der Waals surface area contributed by atoms with Gasteiger partial charge in [-0.15, -0.1) is 0 Å². The second-order valence-electron chi connectivity index (χ2n) is 7.16. The zero-order valence-electron chi connectivity index (χ0n) is 18.8.